The molecule has 1 unspecified atom stereocenters. The number of carbonyl (C=O) groups excluding carboxylic acids is 1. The van der Waals surface area contributed by atoms with Gasteiger partial charge in [-0.25, -0.2) is 15.0 Å². The van der Waals surface area contributed by atoms with Gasteiger partial charge >= 0.3 is 0 Å². The number of amides is 1. The summed E-state index contributed by atoms with van der Waals surface area (Å²) in [5, 5.41) is 0. The van der Waals surface area contributed by atoms with Crippen molar-refractivity contribution in [3.63, 3.8) is 0 Å². The highest BCUT2D eigenvalue weighted by Crippen LogP contribution is 2.30. The first-order chi connectivity index (χ1) is 12.2. The maximum Gasteiger partial charge on any atom is 0.225 e. The summed E-state index contributed by atoms with van der Waals surface area (Å²) in [5.74, 6) is 2.02. The zero-order valence-corrected chi connectivity index (χ0v) is 14.8. The Morgan fingerprint density at radius 2 is 2.08 bits per heavy atom. The van der Waals surface area contributed by atoms with Crippen molar-refractivity contribution < 1.29 is 4.79 Å². The van der Waals surface area contributed by atoms with Gasteiger partial charge in [0.25, 0.3) is 0 Å². The van der Waals surface area contributed by atoms with E-state index in [0.717, 1.165) is 62.4 Å². The second kappa shape index (κ2) is 6.94. The Bertz CT molecular complexity index is 752. The number of aryl methyl sites for hydroxylation is 1. The number of carbonyl (C=O) groups is 1. The maximum absolute atomic E-state index is 12.5. The third-order valence-electron chi connectivity index (χ3n) is 5.56. The maximum atomic E-state index is 12.5. The van der Waals surface area contributed by atoms with E-state index in [-0.39, 0.29) is 0 Å². The van der Waals surface area contributed by atoms with Crippen molar-refractivity contribution in [3.8, 4) is 11.5 Å². The molecule has 2 fully saturated rings. The molecule has 1 atom stereocenters. The van der Waals surface area contributed by atoms with E-state index in [9.17, 15) is 4.79 Å². The molecule has 0 aromatic carbocycles. The van der Waals surface area contributed by atoms with Crippen molar-refractivity contribution in [2.75, 3.05) is 13.1 Å². The van der Waals surface area contributed by atoms with Crippen LogP contribution in [-0.4, -0.2) is 43.4 Å². The molecule has 3 heterocycles. The first-order valence-corrected chi connectivity index (χ1v) is 9.28. The summed E-state index contributed by atoms with van der Waals surface area (Å²) in [6.07, 6.45) is 11.9. The molecule has 0 radical (unpaired) electrons. The van der Waals surface area contributed by atoms with Crippen molar-refractivity contribution >= 4 is 5.91 Å². The molecule has 6 heteroatoms. The lowest BCUT2D eigenvalue weighted by Gasteiger charge is -2.37. The minimum absolute atomic E-state index is 0.299. The number of imidazole rings is 1. The molecule has 2 aromatic rings. The molecule has 1 amide bonds. The number of aromatic nitrogens is 4. The third-order valence-corrected chi connectivity index (χ3v) is 5.56. The van der Waals surface area contributed by atoms with Crippen LogP contribution in [0.25, 0.3) is 11.5 Å². The Labute approximate surface area is 148 Å². The summed E-state index contributed by atoms with van der Waals surface area (Å²) in [6.45, 7) is 1.80. The Balaban J connectivity index is 1.43. The highest BCUT2D eigenvalue weighted by atomic mass is 16.2. The van der Waals surface area contributed by atoms with E-state index in [1.165, 1.54) is 6.42 Å². The zero-order valence-electron chi connectivity index (χ0n) is 14.8. The van der Waals surface area contributed by atoms with Gasteiger partial charge in [-0.1, -0.05) is 6.42 Å². The highest BCUT2D eigenvalue weighted by Gasteiger charge is 2.32. The first-order valence-electron chi connectivity index (χ1n) is 9.28. The number of hydrogen-bond donors (Lipinski definition) is 0. The van der Waals surface area contributed by atoms with Crippen molar-refractivity contribution in [1.29, 1.82) is 0 Å². The Morgan fingerprint density at radius 1 is 1.20 bits per heavy atom. The fourth-order valence-electron chi connectivity index (χ4n) is 3.88. The quantitative estimate of drug-likeness (QED) is 0.858. The molecule has 2 aliphatic rings. The number of nitrogens with zero attached hydrogens (tertiary/aromatic N) is 5. The van der Waals surface area contributed by atoms with E-state index in [1.54, 1.807) is 12.5 Å². The van der Waals surface area contributed by atoms with Gasteiger partial charge in [0.15, 0.2) is 5.82 Å². The van der Waals surface area contributed by atoms with E-state index in [1.807, 2.05) is 23.9 Å². The molecule has 4 rings (SSSR count). The van der Waals surface area contributed by atoms with Crippen molar-refractivity contribution in [2.24, 2.45) is 18.9 Å². The summed E-state index contributed by atoms with van der Waals surface area (Å²) < 4.78 is 1.96. The Kier molecular flexibility index (Phi) is 4.51. The van der Waals surface area contributed by atoms with E-state index in [2.05, 4.69) is 19.9 Å². The summed E-state index contributed by atoms with van der Waals surface area (Å²) in [4.78, 5) is 27.8. The highest BCUT2D eigenvalue weighted by molar-refractivity contribution is 5.79. The number of likely N-dealkylation sites (tertiary alicyclic amines) is 1. The van der Waals surface area contributed by atoms with Crippen LogP contribution in [0.15, 0.2) is 24.8 Å². The van der Waals surface area contributed by atoms with Crippen LogP contribution in [0.1, 0.15) is 37.8 Å². The van der Waals surface area contributed by atoms with Gasteiger partial charge in [0.05, 0.1) is 0 Å². The molecule has 25 heavy (non-hydrogen) atoms. The molecule has 0 bridgehead atoms. The zero-order chi connectivity index (χ0) is 17.2. The summed E-state index contributed by atoms with van der Waals surface area (Å²) >= 11 is 0. The average Bonchev–Trinajstić information content (AvgIpc) is 3.00. The molecule has 2 aromatic heterocycles. The average molecular weight is 339 g/mol. The largest absolute Gasteiger partial charge is 0.342 e. The lowest BCUT2D eigenvalue weighted by Crippen LogP contribution is -2.45. The van der Waals surface area contributed by atoms with Crippen LogP contribution in [0.2, 0.25) is 0 Å². The monoisotopic (exact) mass is 339 g/mol. The van der Waals surface area contributed by atoms with Crippen LogP contribution in [0.3, 0.4) is 0 Å². The van der Waals surface area contributed by atoms with E-state index < -0.39 is 0 Å². The standard InChI is InChI=1S/C19H25N5O/c1-23-9-7-20-18(23)17-11-16(21-13-22-17)10-14-4-3-8-24(12-14)19(25)15-5-2-6-15/h7,9,11,13-15H,2-6,8,10,12H2,1H3. The third kappa shape index (κ3) is 3.43. The summed E-state index contributed by atoms with van der Waals surface area (Å²) in [6, 6.07) is 2.04. The number of piperidine rings is 1. The molecule has 0 spiro atoms. The Morgan fingerprint density at radius 3 is 2.80 bits per heavy atom. The second-order valence-corrected chi connectivity index (χ2v) is 7.38. The molecular weight excluding hydrogens is 314 g/mol. The smallest absolute Gasteiger partial charge is 0.225 e. The van der Waals surface area contributed by atoms with Gasteiger partial charge in [-0.2, -0.15) is 0 Å². The predicted molar refractivity (Wildman–Crippen MR) is 94.6 cm³/mol. The van der Waals surface area contributed by atoms with E-state index >= 15 is 0 Å². The van der Waals surface area contributed by atoms with Crippen LogP contribution in [0, 0.1) is 11.8 Å². The van der Waals surface area contributed by atoms with Gasteiger partial charge in [-0.15, -0.1) is 0 Å². The SMILES string of the molecule is Cn1ccnc1-c1cc(CC2CCCN(C(=O)C3CCC3)C2)ncn1. The van der Waals surface area contributed by atoms with E-state index in [4.69, 9.17) is 0 Å². The van der Waals surface area contributed by atoms with E-state index in [0.29, 0.717) is 17.7 Å². The molecule has 1 aliphatic heterocycles. The molecule has 6 nitrogen and oxygen atoms in total. The van der Waals surface area contributed by atoms with Gasteiger partial charge < -0.3 is 9.47 Å². The van der Waals surface area contributed by atoms with Crippen LogP contribution in [-0.2, 0) is 18.3 Å². The van der Waals surface area contributed by atoms with Gasteiger partial charge in [-0.05, 0) is 44.1 Å². The topological polar surface area (TPSA) is 63.9 Å². The second-order valence-electron chi connectivity index (χ2n) is 7.38. The van der Waals surface area contributed by atoms with Crippen LogP contribution < -0.4 is 0 Å². The molecule has 1 saturated heterocycles. The van der Waals surface area contributed by atoms with Crippen LogP contribution in [0.4, 0.5) is 0 Å². The van der Waals surface area contributed by atoms with Crippen LogP contribution in [0.5, 0.6) is 0 Å². The van der Waals surface area contributed by atoms with Crippen LogP contribution >= 0.6 is 0 Å². The molecular formula is C19H25N5O. The van der Waals surface area contributed by atoms with Crippen molar-refractivity contribution in [1.82, 2.24) is 24.4 Å². The normalized spacial score (nSPS) is 21.2. The predicted octanol–water partition coefficient (Wildman–Crippen LogP) is 2.46. The molecule has 1 aliphatic carbocycles. The van der Waals surface area contributed by atoms with Gasteiger partial charge in [0.1, 0.15) is 12.0 Å². The molecule has 132 valence electrons. The van der Waals surface area contributed by atoms with Crippen molar-refractivity contribution in [2.45, 2.75) is 38.5 Å². The number of rotatable bonds is 4. The van der Waals surface area contributed by atoms with Gasteiger partial charge in [0, 0.05) is 44.1 Å². The van der Waals surface area contributed by atoms with Gasteiger partial charge in [-0.3, -0.25) is 4.79 Å². The summed E-state index contributed by atoms with van der Waals surface area (Å²) in [5.41, 5.74) is 1.90. The fraction of sp³-hybridized carbons (Fsp3) is 0.579. The van der Waals surface area contributed by atoms with Crippen molar-refractivity contribution in [3.05, 3.63) is 30.5 Å². The minimum Gasteiger partial charge on any atom is -0.342 e. The summed E-state index contributed by atoms with van der Waals surface area (Å²) in [7, 11) is 1.97. The molecule has 1 saturated carbocycles. The number of hydrogen-bond acceptors (Lipinski definition) is 4. The lowest BCUT2D eigenvalue weighted by atomic mass is 9.83. The lowest BCUT2D eigenvalue weighted by molar-refractivity contribution is -0.140. The fourth-order valence-corrected chi connectivity index (χ4v) is 3.88. The Hall–Kier alpha value is -2.24. The first kappa shape index (κ1) is 16.2. The molecule has 0 N–H and O–H groups in total. The van der Waals surface area contributed by atoms with Gasteiger partial charge in [0.2, 0.25) is 5.91 Å². The minimum atomic E-state index is 0.299.